The summed E-state index contributed by atoms with van der Waals surface area (Å²) in [6.45, 7) is 0. The van der Waals surface area contributed by atoms with Gasteiger partial charge in [-0.3, -0.25) is 0 Å². The smallest absolute Gasteiger partial charge is 0.133 e. The van der Waals surface area contributed by atoms with E-state index >= 15 is 0 Å². The molecule has 0 radical (unpaired) electrons. The van der Waals surface area contributed by atoms with Gasteiger partial charge in [-0.1, -0.05) is 38.2 Å². The maximum atomic E-state index is 10.8. The van der Waals surface area contributed by atoms with Gasteiger partial charge in [-0.15, -0.1) is 0 Å². The number of methoxy groups -OCH3 is 1. The van der Waals surface area contributed by atoms with Crippen LogP contribution in [0.25, 0.3) is 0 Å². The summed E-state index contributed by atoms with van der Waals surface area (Å²) in [7, 11) is 1.61. The minimum Gasteiger partial charge on any atom is -0.496 e. The van der Waals surface area contributed by atoms with Crippen LogP contribution in [0.1, 0.15) is 56.6 Å². The molecule has 1 aromatic rings. The Morgan fingerprint density at radius 3 is 2.38 bits per heavy atom. The second-order valence-corrected chi connectivity index (χ2v) is 6.69. The predicted molar refractivity (Wildman–Crippen MR) is 86.0 cm³/mol. The first-order valence-corrected chi connectivity index (χ1v) is 8.35. The summed E-state index contributed by atoms with van der Waals surface area (Å²) in [6.07, 6.45) is 6.38. The molecule has 3 nitrogen and oxygen atoms in total. The maximum absolute atomic E-state index is 10.8. The standard InChI is InChI=1S/C17H22BrNO2/c1-21-15-8-7-13(11-14(15)18)16(20)17(12-19)9-5-3-2-4-6-10-17/h7-8,11,16,20H,2-6,9-10H2,1H3. The van der Waals surface area contributed by atoms with Gasteiger partial charge in [0.1, 0.15) is 5.75 Å². The zero-order valence-electron chi connectivity index (χ0n) is 12.4. The van der Waals surface area contributed by atoms with E-state index in [1.807, 2.05) is 18.2 Å². The summed E-state index contributed by atoms with van der Waals surface area (Å²) in [5, 5.41) is 20.5. The highest BCUT2D eigenvalue weighted by molar-refractivity contribution is 9.10. The molecule has 0 aromatic heterocycles. The number of rotatable bonds is 3. The first-order chi connectivity index (χ1) is 10.1. The van der Waals surface area contributed by atoms with Crippen LogP contribution in [0.4, 0.5) is 0 Å². The molecule has 21 heavy (non-hydrogen) atoms. The Morgan fingerprint density at radius 1 is 1.24 bits per heavy atom. The van der Waals surface area contributed by atoms with Crippen LogP contribution in [0.5, 0.6) is 5.75 Å². The largest absolute Gasteiger partial charge is 0.496 e. The first kappa shape index (κ1) is 16.3. The van der Waals surface area contributed by atoms with Crippen molar-refractivity contribution in [1.29, 1.82) is 5.26 Å². The Hall–Kier alpha value is -1.05. The molecule has 0 amide bonds. The third-order valence-corrected chi connectivity index (χ3v) is 5.10. The number of aliphatic hydroxyl groups excluding tert-OH is 1. The van der Waals surface area contributed by atoms with Crippen molar-refractivity contribution >= 4 is 15.9 Å². The molecule has 1 aliphatic carbocycles. The van der Waals surface area contributed by atoms with Gasteiger partial charge >= 0.3 is 0 Å². The fourth-order valence-corrected chi connectivity index (χ4v) is 3.71. The van der Waals surface area contributed by atoms with Crippen molar-refractivity contribution < 1.29 is 9.84 Å². The van der Waals surface area contributed by atoms with Crippen LogP contribution < -0.4 is 4.74 Å². The molecule has 1 fully saturated rings. The van der Waals surface area contributed by atoms with E-state index in [2.05, 4.69) is 22.0 Å². The van der Waals surface area contributed by atoms with Crippen LogP contribution in [0, 0.1) is 16.7 Å². The van der Waals surface area contributed by atoms with E-state index in [1.165, 1.54) is 6.42 Å². The van der Waals surface area contributed by atoms with E-state index in [9.17, 15) is 10.4 Å². The molecule has 114 valence electrons. The van der Waals surface area contributed by atoms with Crippen molar-refractivity contribution in [1.82, 2.24) is 0 Å². The quantitative estimate of drug-likeness (QED) is 0.854. The third kappa shape index (κ3) is 3.59. The normalized spacial score (nSPS) is 19.9. The summed E-state index contributed by atoms with van der Waals surface area (Å²) in [5.41, 5.74) is 0.124. The lowest BCUT2D eigenvalue weighted by atomic mass is 9.71. The molecule has 1 aromatic carbocycles. The number of aliphatic hydroxyl groups is 1. The van der Waals surface area contributed by atoms with Crippen LogP contribution in [0.15, 0.2) is 22.7 Å². The van der Waals surface area contributed by atoms with Crippen molar-refractivity contribution in [3.8, 4) is 11.8 Å². The number of benzene rings is 1. The molecule has 2 rings (SSSR count). The van der Waals surface area contributed by atoms with E-state index in [0.29, 0.717) is 0 Å². The molecule has 0 bridgehead atoms. The molecule has 0 heterocycles. The molecule has 1 aliphatic rings. The molecule has 1 atom stereocenters. The Morgan fingerprint density at radius 2 is 1.86 bits per heavy atom. The number of hydrogen-bond donors (Lipinski definition) is 1. The van der Waals surface area contributed by atoms with E-state index in [0.717, 1.165) is 54.3 Å². The van der Waals surface area contributed by atoms with Crippen LogP contribution in [-0.4, -0.2) is 12.2 Å². The van der Waals surface area contributed by atoms with Crippen LogP contribution in [-0.2, 0) is 0 Å². The minimum atomic E-state index is -0.747. The second-order valence-electron chi connectivity index (χ2n) is 5.83. The summed E-state index contributed by atoms with van der Waals surface area (Å²) in [4.78, 5) is 0. The highest BCUT2D eigenvalue weighted by Gasteiger charge is 2.39. The minimum absolute atomic E-state index is 0.658. The summed E-state index contributed by atoms with van der Waals surface area (Å²) in [5.74, 6) is 0.731. The van der Waals surface area contributed by atoms with E-state index in [4.69, 9.17) is 4.74 Å². The van der Waals surface area contributed by atoms with Crippen molar-refractivity contribution in [2.45, 2.75) is 51.0 Å². The molecule has 0 aliphatic heterocycles. The van der Waals surface area contributed by atoms with Crippen molar-refractivity contribution in [3.05, 3.63) is 28.2 Å². The Balaban J connectivity index is 2.28. The van der Waals surface area contributed by atoms with E-state index in [-0.39, 0.29) is 0 Å². The van der Waals surface area contributed by atoms with E-state index in [1.54, 1.807) is 7.11 Å². The zero-order valence-corrected chi connectivity index (χ0v) is 14.0. The summed E-state index contributed by atoms with van der Waals surface area (Å²) >= 11 is 3.45. The van der Waals surface area contributed by atoms with Crippen molar-refractivity contribution in [2.24, 2.45) is 5.41 Å². The lowest BCUT2D eigenvalue weighted by Crippen LogP contribution is -2.28. The van der Waals surface area contributed by atoms with Gasteiger partial charge < -0.3 is 9.84 Å². The number of hydrogen-bond acceptors (Lipinski definition) is 3. The van der Waals surface area contributed by atoms with Gasteiger partial charge in [0.15, 0.2) is 0 Å². The molecular weight excluding hydrogens is 330 g/mol. The fourth-order valence-electron chi connectivity index (χ4n) is 3.15. The second kappa shape index (κ2) is 7.29. The number of nitrogens with zero attached hydrogens (tertiary/aromatic N) is 1. The molecule has 1 unspecified atom stereocenters. The third-order valence-electron chi connectivity index (χ3n) is 4.48. The van der Waals surface area contributed by atoms with Crippen molar-refractivity contribution in [3.63, 3.8) is 0 Å². The predicted octanol–water partition coefficient (Wildman–Crippen LogP) is 4.75. The number of halogens is 1. The van der Waals surface area contributed by atoms with Gasteiger partial charge in [0.25, 0.3) is 0 Å². The molecule has 1 saturated carbocycles. The Bertz CT molecular complexity index is 516. The van der Waals surface area contributed by atoms with Crippen molar-refractivity contribution in [2.75, 3.05) is 7.11 Å². The van der Waals surface area contributed by atoms with Gasteiger partial charge in [0.05, 0.1) is 29.2 Å². The first-order valence-electron chi connectivity index (χ1n) is 7.56. The van der Waals surface area contributed by atoms with Gasteiger partial charge in [-0.2, -0.15) is 5.26 Å². The molecular formula is C17H22BrNO2. The molecule has 0 spiro atoms. The van der Waals surface area contributed by atoms with Crippen LogP contribution >= 0.6 is 15.9 Å². The lowest BCUT2D eigenvalue weighted by Gasteiger charge is -2.33. The number of nitriles is 1. The van der Waals surface area contributed by atoms with Gasteiger partial charge in [-0.05, 0) is 46.5 Å². The summed E-state index contributed by atoms with van der Waals surface area (Å²) in [6, 6.07) is 7.98. The summed E-state index contributed by atoms with van der Waals surface area (Å²) < 4.78 is 6.03. The topological polar surface area (TPSA) is 53.2 Å². The van der Waals surface area contributed by atoms with Crippen LogP contribution in [0.2, 0.25) is 0 Å². The monoisotopic (exact) mass is 351 g/mol. The number of ether oxygens (including phenoxy) is 1. The molecule has 1 N–H and O–H groups in total. The Labute approximate surface area is 135 Å². The van der Waals surface area contributed by atoms with Crippen LogP contribution in [0.3, 0.4) is 0 Å². The van der Waals surface area contributed by atoms with Gasteiger partial charge in [-0.25, -0.2) is 0 Å². The lowest BCUT2D eigenvalue weighted by molar-refractivity contribution is 0.0434. The average molecular weight is 352 g/mol. The van der Waals surface area contributed by atoms with E-state index < -0.39 is 11.5 Å². The highest BCUT2D eigenvalue weighted by Crippen LogP contribution is 2.45. The highest BCUT2D eigenvalue weighted by atomic mass is 79.9. The van der Waals surface area contributed by atoms with Gasteiger partial charge in [0.2, 0.25) is 0 Å². The maximum Gasteiger partial charge on any atom is 0.133 e. The Kier molecular flexibility index (Phi) is 5.66. The molecule has 4 heteroatoms. The zero-order chi connectivity index (χ0) is 15.3. The average Bonchev–Trinajstić information content (AvgIpc) is 2.47. The van der Waals surface area contributed by atoms with Gasteiger partial charge in [0, 0.05) is 0 Å². The molecule has 0 saturated heterocycles. The fraction of sp³-hybridized carbons (Fsp3) is 0.588. The SMILES string of the molecule is COc1ccc(C(O)C2(C#N)CCCCCCC2)cc1Br.